The van der Waals surface area contributed by atoms with Crippen LogP contribution in [0.15, 0.2) is 16.2 Å². The predicted octanol–water partition coefficient (Wildman–Crippen LogP) is 3.26. The Labute approximate surface area is 102 Å². The third-order valence-corrected chi connectivity index (χ3v) is 3.70. The van der Waals surface area contributed by atoms with E-state index in [2.05, 4.69) is 12.1 Å². The lowest BCUT2D eigenvalue weighted by Crippen LogP contribution is -2.23. The summed E-state index contributed by atoms with van der Waals surface area (Å²) >= 11 is 0. The quantitative estimate of drug-likeness (QED) is 0.787. The van der Waals surface area contributed by atoms with E-state index in [4.69, 9.17) is 4.52 Å². The molecule has 0 aromatic carbocycles. The lowest BCUT2D eigenvalue weighted by atomic mass is 9.77. The Morgan fingerprint density at radius 1 is 1.41 bits per heavy atom. The second-order valence-electron chi connectivity index (χ2n) is 5.00. The molecule has 0 spiro atoms. The highest BCUT2D eigenvalue weighted by molar-refractivity contribution is 6.22. The number of carbonyl (C=O) groups is 1. The van der Waals surface area contributed by atoms with Gasteiger partial charge in [0.25, 0.3) is 0 Å². The molecule has 1 aliphatic carbocycles. The van der Waals surface area contributed by atoms with E-state index < -0.39 is 0 Å². The minimum Gasteiger partial charge on any atom is -0.356 e. The van der Waals surface area contributed by atoms with E-state index in [9.17, 15) is 4.79 Å². The third-order valence-electron chi connectivity index (χ3n) is 3.70. The van der Waals surface area contributed by atoms with Crippen molar-refractivity contribution in [3.05, 3.63) is 23.1 Å². The maximum absolute atomic E-state index is 12.2. The first kappa shape index (κ1) is 12.1. The average Bonchev–Trinajstić information content (AvgIpc) is 2.75. The van der Waals surface area contributed by atoms with Crippen molar-refractivity contribution in [3.63, 3.8) is 0 Å². The Balaban J connectivity index is 2.46. The zero-order valence-corrected chi connectivity index (χ0v) is 10.9. The van der Waals surface area contributed by atoms with E-state index in [1.165, 1.54) is 0 Å². The topological polar surface area (TPSA) is 43.1 Å². The fraction of sp³-hybridized carbons (Fsp3) is 0.571. The number of carbonyl (C=O) groups excluding carboxylic acids is 1. The van der Waals surface area contributed by atoms with Crippen molar-refractivity contribution < 1.29 is 9.32 Å². The van der Waals surface area contributed by atoms with Gasteiger partial charge in [-0.25, -0.2) is 0 Å². The summed E-state index contributed by atoms with van der Waals surface area (Å²) in [6.45, 7) is 8.20. The molecule has 17 heavy (non-hydrogen) atoms. The van der Waals surface area contributed by atoms with Gasteiger partial charge < -0.3 is 4.52 Å². The first-order valence-electron chi connectivity index (χ1n) is 6.25. The summed E-state index contributed by atoms with van der Waals surface area (Å²) in [6.07, 6.45) is 1.76. The standard InChI is InChI=1S/C14H19NO2/c1-5-11-7-12(17-15-11)13-10(4)8(2)6-9(3)14(13)16/h7-9H,5-6H2,1-4H3. The van der Waals surface area contributed by atoms with Crippen molar-refractivity contribution in [1.82, 2.24) is 5.16 Å². The van der Waals surface area contributed by atoms with Crippen molar-refractivity contribution in [2.75, 3.05) is 0 Å². The predicted molar refractivity (Wildman–Crippen MR) is 66.4 cm³/mol. The summed E-state index contributed by atoms with van der Waals surface area (Å²) in [4.78, 5) is 12.2. The van der Waals surface area contributed by atoms with Gasteiger partial charge in [0.15, 0.2) is 11.5 Å². The molecule has 0 saturated carbocycles. The minimum absolute atomic E-state index is 0.0823. The zero-order chi connectivity index (χ0) is 12.6. The monoisotopic (exact) mass is 233 g/mol. The summed E-state index contributed by atoms with van der Waals surface area (Å²) in [6, 6.07) is 1.89. The van der Waals surface area contributed by atoms with Crippen LogP contribution in [0.25, 0.3) is 5.57 Å². The Morgan fingerprint density at radius 2 is 2.12 bits per heavy atom. The molecule has 0 fully saturated rings. The number of nitrogens with zero attached hydrogens (tertiary/aromatic N) is 1. The summed E-state index contributed by atoms with van der Waals surface area (Å²) in [7, 11) is 0. The number of allylic oxidation sites excluding steroid dienone is 2. The van der Waals surface area contributed by atoms with Crippen molar-refractivity contribution in [2.45, 2.75) is 40.5 Å². The second-order valence-corrected chi connectivity index (χ2v) is 5.00. The molecule has 2 atom stereocenters. The first-order chi connectivity index (χ1) is 8.04. The fourth-order valence-corrected chi connectivity index (χ4v) is 2.41. The van der Waals surface area contributed by atoms with Gasteiger partial charge in [-0.05, 0) is 25.7 Å². The molecular formula is C14H19NO2. The fourth-order valence-electron chi connectivity index (χ4n) is 2.41. The summed E-state index contributed by atoms with van der Waals surface area (Å²) < 4.78 is 5.30. The summed E-state index contributed by atoms with van der Waals surface area (Å²) in [5.74, 6) is 1.36. The minimum atomic E-state index is 0.0823. The van der Waals surface area contributed by atoms with Crippen LogP contribution in [0.4, 0.5) is 0 Å². The van der Waals surface area contributed by atoms with Crippen LogP contribution >= 0.6 is 0 Å². The van der Waals surface area contributed by atoms with Gasteiger partial charge in [-0.15, -0.1) is 0 Å². The molecule has 0 aliphatic heterocycles. The van der Waals surface area contributed by atoms with Crippen molar-refractivity contribution in [3.8, 4) is 0 Å². The SMILES string of the molecule is CCc1cc(C2=C(C)C(C)CC(C)C2=O)on1. The number of rotatable bonds is 2. The summed E-state index contributed by atoms with van der Waals surface area (Å²) in [5, 5.41) is 3.97. The van der Waals surface area contributed by atoms with E-state index in [1.54, 1.807) is 0 Å². The van der Waals surface area contributed by atoms with Crippen LogP contribution in [0.3, 0.4) is 0 Å². The molecule has 92 valence electrons. The maximum Gasteiger partial charge on any atom is 0.170 e. The van der Waals surface area contributed by atoms with E-state index in [1.807, 2.05) is 26.8 Å². The van der Waals surface area contributed by atoms with Crippen molar-refractivity contribution in [2.24, 2.45) is 11.8 Å². The van der Waals surface area contributed by atoms with Gasteiger partial charge in [0.1, 0.15) is 0 Å². The lowest BCUT2D eigenvalue weighted by molar-refractivity contribution is -0.117. The molecule has 1 heterocycles. The van der Waals surface area contributed by atoms with E-state index in [-0.39, 0.29) is 11.7 Å². The lowest BCUT2D eigenvalue weighted by Gasteiger charge is -2.25. The van der Waals surface area contributed by atoms with Gasteiger partial charge in [0.2, 0.25) is 0 Å². The highest BCUT2D eigenvalue weighted by atomic mass is 16.5. The van der Waals surface area contributed by atoms with Gasteiger partial charge in [-0.1, -0.05) is 31.5 Å². The third kappa shape index (κ3) is 2.06. The van der Waals surface area contributed by atoms with Crippen LogP contribution in [0.5, 0.6) is 0 Å². The molecule has 2 rings (SSSR count). The van der Waals surface area contributed by atoms with E-state index in [0.29, 0.717) is 11.7 Å². The molecule has 1 aliphatic rings. The van der Waals surface area contributed by atoms with Gasteiger partial charge >= 0.3 is 0 Å². The maximum atomic E-state index is 12.2. The molecule has 3 heteroatoms. The number of ketones is 1. The van der Waals surface area contributed by atoms with Gasteiger partial charge in [-0.3, -0.25) is 4.79 Å². The van der Waals surface area contributed by atoms with Crippen molar-refractivity contribution >= 4 is 11.4 Å². The van der Waals surface area contributed by atoms with Crippen LogP contribution in [0, 0.1) is 11.8 Å². The molecule has 1 aromatic heterocycles. The number of hydrogen-bond acceptors (Lipinski definition) is 3. The molecule has 0 saturated heterocycles. The van der Waals surface area contributed by atoms with E-state index in [0.717, 1.165) is 29.7 Å². The molecule has 0 bridgehead atoms. The first-order valence-corrected chi connectivity index (χ1v) is 6.25. The van der Waals surface area contributed by atoms with Gasteiger partial charge in [0, 0.05) is 12.0 Å². The van der Waals surface area contributed by atoms with Gasteiger partial charge in [-0.2, -0.15) is 0 Å². The Kier molecular flexibility index (Phi) is 3.18. The average molecular weight is 233 g/mol. The number of hydrogen-bond donors (Lipinski definition) is 0. The molecule has 0 amide bonds. The largest absolute Gasteiger partial charge is 0.356 e. The highest BCUT2D eigenvalue weighted by Crippen LogP contribution is 2.36. The van der Waals surface area contributed by atoms with Crippen LogP contribution in [0.1, 0.15) is 45.6 Å². The molecule has 0 radical (unpaired) electrons. The number of Topliss-reactive ketones (excluding diaryl/α,β-unsaturated/α-hetero) is 1. The van der Waals surface area contributed by atoms with Crippen LogP contribution in [0.2, 0.25) is 0 Å². The van der Waals surface area contributed by atoms with Crippen molar-refractivity contribution in [1.29, 1.82) is 0 Å². The molecule has 2 unspecified atom stereocenters. The second kappa shape index (κ2) is 4.47. The smallest absolute Gasteiger partial charge is 0.170 e. The highest BCUT2D eigenvalue weighted by Gasteiger charge is 2.31. The normalized spacial score (nSPS) is 25.5. The molecule has 1 aromatic rings. The van der Waals surface area contributed by atoms with Crippen LogP contribution < -0.4 is 0 Å². The Morgan fingerprint density at radius 3 is 2.71 bits per heavy atom. The van der Waals surface area contributed by atoms with E-state index >= 15 is 0 Å². The number of aromatic nitrogens is 1. The van der Waals surface area contributed by atoms with Crippen LogP contribution in [-0.2, 0) is 11.2 Å². The van der Waals surface area contributed by atoms with Crippen LogP contribution in [-0.4, -0.2) is 10.9 Å². The Bertz CT molecular complexity index is 470. The summed E-state index contributed by atoms with van der Waals surface area (Å²) in [5.41, 5.74) is 2.79. The molecular weight excluding hydrogens is 214 g/mol. The van der Waals surface area contributed by atoms with Gasteiger partial charge in [0.05, 0.1) is 11.3 Å². The molecule has 0 N–H and O–H groups in total. The molecule has 3 nitrogen and oxygen atoms in total. The Hall–Kier alpha value is -1.38. The zero-order valence-electron chi connectivity index (χ0n) is 10.9. The number of aryl methyl sites for hydroxylation is 1.